The largest absolute Gasteiger partial charge is 0.455 e. The van der Waals surface area contributed by atoms with Crippen LogP contribution in [-0.4, -0.2) is 15.0 Å². The van der Waals surface area contributed by atoms with Gasteiger partial charge in [-0.15, -0.1) is 0 Å². The molecular formula is C61H39N3O. The molecule has 10 aromatic carbocycles. The van der Waals surface area contributed by atoms with E-state index in [9.17, 15) is 0 Å². The molecule has 12 aromatic rings. The van der Waals surface area contributed by atoms with Crippen LogP contribution >= 0.6 is 0 Å². The maximum atomic E-state index is 6.79. The Hall–Kier alpha value is -8.73. The van der Waals surface area contributed by atoms with Crippen molar-refractivity contribution in [3.05, 3.63) is 237 Å². The van der Waals surface area contributed by atoms with Crippen LogP contribution in [-0.2, 0) is 0 Å². The Morgan fingerprint density at radius 3 is 1.43 bits per heavy atom. The van der Waals surface area contributed by atoms with Crippen LogP contribution in [0.4, 0.5) is 0 Å². The minimum absolute atomic E-state index is 0.578. The predicted molar refractivity (Wildman–Crippen MR) is 268 cm³/mol. The lowest BCUT2D eigenvalue weighted by Gasteiger charge is -2.11. The summed E-state index contributed by atoms with van der Waals surface area (Å²) >= 11 is 0. The van der Waals surface area contributed by atoms with Gasteiger partial charge in [-0.3, -0.25) is 0 Å². The molecule has 0 spiro atoms. The summed E-state index contributed by atoms with van der Waals surface area (Å²) in [7, 11) is 0. The van der Waals surface area contributed by atoms with Crippen molar-refractivity contribution in [3.8, 4) is 89.8 Å². The van der Waals surface area contributed by atoms with Crippen LogP contribution in [0.5, 0.6) is 0 Å². The molecule has 2 heterocycles. The van der Waals surface area contributed by atoms with E-state index in [4.69, 9.17) is 19.4 Å². The fourth-order valence-electron chi connectivity index (χ4n) is 9.02. The SMILES string of the molecule is c1ccc(-c2ccc(-c3nc(-c4cccc(-c5ccc6ccccc6c5)c4)nc(-c4cccc5oc6c(-c7ccc(-c8cccc(-c9ccccc9)c8)cc7)cccc6c45)n3)cc2)cc1. The Balaban J connectivity index is 0.963. The lowest BCUT2D eigenvalue weighted by atomic mass is 9.96. The zero-order chi connectivity index (χ0) is 43.1. The molecule has 65 heavy (non-hydrogen) atoms. The van der Waals surface area contributed by atoms with Crippen LogP contribution in [0.2, 0.25) is 0 Å². The molecule has 0 unspecified atom stereocenters. The van der Waals surface area contributed by atoms with E-state index in [1.807, 2.05) is 18.2 Å². The van der Waals surface area contributed by atoms with Crippen molar-refractivity contribution in [3.63, 3.8) is 0 Å². The Morgan fingerprint density at radius 2 is 0.708 bits per heavy atom. The molecular weight excluding hydrogens is 791 g/mol. The number of hydrogen-bond donors (Lipinski definition) is 0. The summed E-state index contributed by atoms with van der Waals surface area (Å²) < 4.78 is 6.79. The summed E-state index contributed by atoms with van der Waals surface area (Å²) in [5.41, 5.74) is 15.6. The van der Waals surface area contributed by atoms with Crippen LogP contribution in [0.25, 0.3) is 123 Å². The van der Waals surface area contributed by atoms with Gasteiger partial charge in [-0.05, 0) is 85.1 Å². The summed E-state index contributed by atoms with van der Waals surface area (Å²) in [6.45, 7) is 0. The van der Waals surface area contributed by atoms with Gasteiger partial charge < -0.3 is 4.42 Å². The molecule has 0 saturated heterocycles. The molecule has 304 valence electrons. The van der Waals surface area contributed by atoms with Crippen molar-refractivity contribution in [2.45, 2.75) is 0 Å². The van der Waals surface area contributed by atoms with E-state index in [1.165, 1.54) is 27.5 Å². The molecule has 0 aliphatic carbocycles. The molecule has 12 rings (SSSR count). The third-order valence-electron chi connectivity index (χ3n) is 12.4. The van der Waals surface area contributed by atoms with E-state index in [-0.39, 0.29) is 0 Å². The highest BCUT2D eigenvalue weighted by atomic mass is 16.3. The van der Waals surface area contributed by atoms with Gasteiger partial charge in [0.15, 0.2) is 17.5 Å². The van der Waals surface area contributed by atoms with Crippen LogP contribution in [0.1, 0.15) is 0 Å². The highest BCUT2D eigenvalue weighted by Gasteiger charge is 2.20. The molecule has 2 aromatic heterocycles. The average molecular weight is 830 g/mol. The topological polar surface area (TPSA) is 51.8 Å². The van der Waals surface area contributed by atoms with Crippen molar-refractivity contribution in [2.24, 2.45) is 0 Å². The first-order valence-electron chi connectivity index (χ1n) is 21.9. The fourth-order valence-corrected chi connectivity index (χ4v) is 9.02. The van der Waals surface area contributed by atoms with E-state index >= 15 is 0 Å². The third kappa shape index (κ3) is 7.23. The zero-order valence-corrected chi connectivity index (χ0v) is 35.3. The standard InChI is InChI=1S/C61H39N3O/c1-3-13-40(14-4-1)43-29-34-46(35-30-43)59-62-60(52-22-10-21-50(39-52)51-36-31-42-17-7-8-18-47(42)38-51)64-61(63-59)55-25-12-26-56-57(55)54-24-11-23-53(58(54)65-56)45-32-27-44(28-33-45)49-20-9-19-48(37-49)41-15-5-2-6-16-41/h1-39H. The molecule has 0 aliphatic heterocycles. The minimum Gasteiger partial charge on any atom is -0.455 e. The van der Waals surface area contributed by atoms with Gasteiger partial charge in [0.05, 0.1) is 0 Å². The van der Waals surface area contributed by atoms with Crippen LogP contribution in [0.15, 0.2) is 241 Å². The summed E-state index contributed by atoms with van der Waals surface area (Å²) in [5.74, 6) is 1.77. The molecule has 4 nitrogen and oxygen atoms in total. The minimum atomic E-state index is 0.578. The first-order chi connectivity index (χ1) is 32.2. The number of benzene rings is 10. The average Bonchev–Trinajstić information content (AvgIpc) is 3.79. The van der Waals surface area contributed by atoms with Crippen molar-refractivity contribution in [1.82, 2.24) is 15.0 Å². The summed E-state index contributed by atoms with van der Waals surface area (Å²) in [4.78, 5) is 15.7. The smallest absolute Gasteiger partial charge is 0.164 e. The number of aromatic nitrogens is 3. The molecule has 0 fully saturated rings. The van der Waals surface area contributed by atoms with Gasteiger partial charge in [0.25, 0.3) is 0 Å². The molecule has 0 N–H and O–H groups in total. The van der Waals surface area contributed by atoms with Crippen LogP contribution < -0.4 is 0 Å². The number of fused-ring (bicyclic) bond motifs is 4. The van der Waals surface area contributed by atoms with Gasteiger partial charge in [-0.1, -0.05) is 212 Å². The highest BCUT2D eigenvalue weighted by Crippen LogP contribution is 2.41. The van der Waals surface area contributed by atoms with Gasteiger partial charge in [0.2, 0.25) is 0 Å². The lowest BCUT2D eigenvalue weighted by molar-refractivity contribution is 0.670. The molecule has 0 aliphatic rings. The quantitative estimate of drug-likeness (QED) is 0.153. The number of para-hydroxylation sites is 1. The molecule has 0 radical (unpaired) electrons. The molecule has 0 atom stereocenters. The normalized spacial score (nSPS) is 11.4. The summed E-state index contributed by atoms with van der Waals surface area (Å²) in [6.07, 6.45) is 0. The second-order valence-corrected chi connectivity index (χ2v) is 16.4. The van der Waals surface area contributed by atoms with Crippen LogP contribution in [0.3, 0.4) is 0 Å². The van der Waals surface area contributed by atoms with Gasteiger partial charge in [0, 0.05) is 33.0 Å². The molecule has 0 bridgehead atoms. The lowest BCUT2D eigenvalue weighted by Crippen LogP contribution is -2.00. The fraction of sp³-hybridized carbons (Fsp3) is 0. The maximum Gasteiger partial charge on any atom is 0.164 e. The van der Waals surface area contributed by atoms with Gasteiger partial charge in [-0.2, -0.15) is 0 Å². The summed E-state index contributed by atoms with van der Waals surface area (Å²) in [5, 5.41) is 4.38. The Morgan fingerprint density at radius 1 is 0.262 bits per heavy atom. The highest BCUT2D eigenvalue weighted by molar-refractivity contribution is 6.15. The van der Waals surface area contributed by atoms with Gasteiger partial charge >= 0.3 is 0 Å². The van der Waals surface area contributed by atoms with E-state index in [1.54, 1.807) is 0 Å². The second kappa shape index (κ2) is 16.2. The Bertz CT molecular complexity index is 3690. The predicted octanol–water partition coefficient (Wildman–Crippen LogP) is 16.3. The van der Waals surface area contributed by atoms with Gasteiger partial charge in [-0.25, -0.2) is 15.0 Å². The van der Waals surface area contributed by atoms with E-state index in [2.05, 4.69) is 218 Å². The van der Waals surface area contributed by atoms with Crippen molar-refractivity contribution in [2.75, 3.05) is 0 Å². The number of rotatable bonds is 8. The van der Waals surface area contributed by atoms with Gasteiger partial charge in [0.1, 0.15) is 11.2 Å². The van der Waals surface area contributed by atoms with E-state index in [0.717, 1.165) is 77.6 Å². The number of hydrogen-bond acceptors (Lipinski definition) is 4. The molecule has 0 amide bonds. The van der Waals surface area contributed by atoms with E-state index < -0.39 is 0 Å². The molecule has 4 heteroatoms. The number of nitrogens with zero attached hydrogens (tertiary/aromatic N) is 3. The first kappa shape index (κ1) is 38.0. The first-order valence-corrected chi connectivity index (χ1v) is 21.9. The molecule has 0 saturated carbocycles. The maximum absolute atomic E-state index is 6.79. The van der Waals surface area contributed by atoms with Crippen LogP contribution in [0, 0.1) is 0 Å². The van der Waals surface area contributed by atoms with Crippen molar-refractivity contribution >= 4 is 32.7 Å². The van der Waals surface area contributed by atoms with Crippen molar-refractivity contribution in [1.29, 1.82) is 0 Å². The monoisotopic (exact) mass is 829 g/mol. The Kier molecular flexibility index (Phi) is 9.46. The number of furan rings is 1. The van der Waals surface area contributed by atoms with E-state index in [0.29, 0.717) is 17.5 Å². The summed E-state index contributed by atoms with van der Waals surface area (Å²) in [6, 6.07) is 82.9. The third-order valence-corrected chi connectivity index (χ3v) is 12.4. The Labute approximate surface area is 376 Å². The van der Waals surface area contributed by atoms with Crippen molar-refractivity contribution < 1.29 is 4.42 Å². The zero-order valence-electron chi connectivity index (χ0n) is 35.3. The second-order valence-electron chi connectivity index (χ2n) is 16.4.